The monoisotopic (exact) mass is 496 g/mol. The van der Waals surface area contributed by atoms with Crippen molar-refractivity contribution < 1.29 is 14.2 Å². The summed E-state index contributed by atoms with van der Waals surface area (Å²) in [5.74, 6) is 2.61. The molecule has 0 spiro atoms. The van der Waals surface area contributed by atoms with E-state index in [4.69, 9.17) is 14.2 Å². The predicted molar refractivity (Wildman–Crippen MR) is 153 cm³/mol. The van der Waals surface area contributed by atoms with Gasteiger partial charge >= 0.3 is 0 Å². The Morgan fingerprint density at radius 1 is 0.658 bits per heavy atom. The second-order valence-corrected chi connectivity index (χ2v) is 9.93. The molecular weight excluding hydrogens is 468 g/mol. The van der Waals surface area contributed by atoms with Gasteiger partial charge in [0.25, 0.3) is 0 Å². The largest absolute Gasteiger partial charge is 0.497 e. The fraction of sp³-hybridized carbons (Fsp3) is 0.143. The van der Waals surface area contributed by atoms with Crippen LogP contribution in [0.1, 0.15) is 27.8 Å². The van der Waals surface area contributed by atoms with Crippen LogP contribution >= 0.6 is 0 Å². The molecule has 0 unspecified atom stereocenters. The Labute approximate surface area is 222 Å². The molecule has 0 aromatic heterocycles. The Balaban J connectivity index is 1.50. The SMILES string of the molecule is COc1ccc(C2(c3ccc(OC)cc3)C=Cc3c(c4c(c5ccccc35)-c3ccccc3CC4)O2)cc1. The molecule has 1 aliphatic heterocycles. The lowest BCUT2D eigenvalue weighted by atomic mass is 9.78. The first-order valence-corrected chi connectivity index (χ1v) is 13.0. The van der Waals surface area contributed by atoms with Crippen LogP contribution in [0, 0.1) is 0 Å². The predicted octanol–water partition coefficient (Wildman–Crippen LogP) is 7.97. The van der Waals surface area contributed by atoms with Crippen LogP contribution in [0.15, 0.2) is 103 Å². The van der Waals surface area contributed by atoms with Gasteiger partial charge in [-0.15, -0.1) is 0 Å². The molecule has 0 saturated heterocycles. The van der Waals surface area contributed by atoms with Crippen molar-refractivity contribution in [1.82, 2.24) is 0 Å². The van der Waals surface area contributed by atoms with Crippen LogP contribution in [0.3, 0.4) is 0 Å². The van der Waals surface area contributed by atoms with E-state index in [-0.39, 0.29) is 0 Å². The zero-order valence-electron chi connectivity index (χ0n) is 21.5. The lowest BCUT2D eigenvalue weighted by Gasteiger charge is -2.39. The smallest absolute Gasteiger partial charge is 0.178 e. The highest BCUT2D eigenvalue weighted by Gasteiger charge is 2.39. The highest BCUT2D eigenvalue weighted by molar-refractivity contribution is 6.06. The number of ether oxygens (including phenoxy) is 3. The molecule has 0 fully saturated rings. The zero-order valence-corrected chi connectivity index (χ0v) is 21.5. The molecule has 0 amide bonds. The standard InChI is InChI=1S/C35H28O3/c1-36-26-16-12-24(13-17-26)35(25-14-18-27(37-2)19-15-25)22-21-31-29-9-5-6-10-30(29)33-28-8-4-3-7-23(28)11-20-32(33)34(31)38-35/h3-10,12-19,21-22H,11,20H2,1-2H3. The average Bonchev–Trinajstić information content (AvgIpc) is 3.00. The molecule has 0 saturated carbocycles. The maximum atomic E-state index is 7.29. The Morgan fingerprint density at radius 2 is 1.26 bits per heavy atom. The minimum atomic E-state index is -0.793. The molecule has 5 aromatic rings. The molecular formula is C35H28O3. The molecule has 2 aliphatic rings. The maximum absolute atomic E-state index is 7.29. The minimum Gasteiger partial charge on any atom is -0.497 e. The lowest BCUT2D eigenvalue weighted by Crippen LogP contribution is -2.35. The molecule has 3 nitrogen and oxygen atoms in total. The molecule has 38 heavy (non-hydrogen) atoms. The second kappa shape index (κ2) is 8.81. The van der Waals surface area contributed by atoms with Crippen molar-refractivity contribution in [3.63, 3.8) is 0 Å². The van der Waals surface area contributed by atoms with Gasteiger partial charge in [0.1, 0.15) is 17.2 Å². The summed E-state index contributed by atoms with van der Waals surface area (Å²) in [5, 5.41) is 2.50. The number of fused-ring (bicyclic) bond motifs is 8. The van der Waals surface area contributed by atoms with Crippen molar-refractivity contribution in [3.8, 4) is 28.4 Å². The van der Waals surface area contributed by atoms with E-state index < -0.39 is 5.60 Å². The summed E-state index contributed by atoms with van der Waals surface area (Å²) in [6, 6.07) is 33.9. The fourth-order valence-corrected chi connectivity index (χ4v) is 6.12. The second-order valence-electron chi connectivity index (χ2n) is 9.93. The van der Waals surface area contributed by atoms with Crippen LogP contribution < -0.4 is 14.2 Å². The van der Waals surface area contributed by atoms with Gasteiger partial charge in [0.2, 0.25) is 0 Å². The number of aryl methyl sites for hydroxylation is 1. The van der Waals surface area contributed by atoms with Crippen molar-refractivity contribution in [2.75, 3.05) is 14.2 Å². The molecule has 1 heterocycles. The Hall–Kier alpha value is -4.50. The third-order valence-corrected chi connectivity index (χ3v) is 8.02. The summed E-state index contributed by atoms with van der Waals surface area (Å²) in [7, 11) is 3.38. The van der Waals surface area contributed by atoms with Gasteiger partial charge < -0.3 is 14.2 Å². The molecule has 186 valence electrons. The molecule has 3 heteroatoms. The summed E-state index contributed by atoms with van der Waals surface area (Å²) < 4.78 is 18.2. The van der Waals surface area contributed by atoms with E-state index in [1.807, 2.05) is 24.3 Å². The van der Waals surface area contributed by atoms with Gasteiger partial charge in [-0.3, -0.25) is 0 Å². The maximum Gasteiger partial charge on any atom is 0.178 e. The van der Waals surface area contributed by atoms with Crippen molar-refractivity contribution in [1.29, 1.82) is 0 Å². The number of benzene rings is 5. The van der Waals surface area contributed by atoms with Gasteiger partial charge in [0, 0.05) is 22.3 Å². The summed E-state index contributed by atoms with van der Waals surface area (Å²) in [6.07, 6.45) is 6.40. The minimum absolute atomic E-state index is 0.793. The average molecular weight is 497 g/mol. The van der Waals surface area contributed by atoms with Crippen molar-refractivity contribution in [2.45, 2.75) is 18.4 Å². The van der Waals surface area contributed by atoms with E-state index in [2.05, 4.69) is 84.9 Å². The van der Waals surface area contributed by atoms with Gasteiger partial charge in [-0.25, -0.2) is 0 Å². The normalized spacial score (nSPS) is 14.7. The van der Waals surface area contributed by atoms with Crippen LogP contribution in [0.5, 0.6) is 17.2 Å². The summed E-state index contributed by atoms with van der Waals surface area (Å²) in [4.78, 5) is 0. The van der Waals surface area contributed by atoms with Crippen molar-refractivity contribution in [3.05, 3.63) is 131 Å². The van der Waals surface area contributed by atoms with Crippen LogP contribution in [0.4, 0.5) is 0 Å². The Bertz CT molecular complexity index is 1650. The highest BCUT2D eigenvalue weighted by atomic mass is 16.5. The van der Waals surface area contributed by atoms with E-state index >= 15 is 0 Å². The molecule has 1 aliphatic carbocycles. The first-order valence-electron chi connectivity index (χ1n) is 13.0. The van der Waals surface area contributed by atoms with Gasteiger partial charge in [-0.05, 0) is 76.7 Å². The molecule has 0 radical (unpaired) electrons. The van der Waals surface area contributed by atoms with Gasteiger partial charge in [-0.2, -0.15) is 0 Å². The van der Waals surface area contributed by atoms with E-state index in [0.29, 0.717) is 0 Å². The number of methoxy groups -OCH3 is 2. The quantitative estimate of drug-likeness (QED) is 0.252. The molecule has 0 N–H and O–H groups in total. The number of hydrogen-bond acceptors (Lipinski definition) is 3. The van der Waals surface area contributed by atoms with Crippen LogP contribution in [0.2, 0.25) is 0 Å². The Morgan fingerprint density at radius 3 is 1.92 bits per heavy atom. The van der Waals surface area contributed by atoms with E-state index in [0.717, 1.165) is 46.8 Å². The van der Waals surface area contributed by atoms with Crippen LogP contribution in [-0.4, -0.2) is 14.2 Å². The molecule has 0 atom stereocenters. The molecule has 5 aromatic carbocycles. The molecule has 7 rings (SSSR count). The summed E-state index contributed by atoms with van der Waals surface area (Å²) in [5.41, 5.74) is 7.74. The van der Waals surface area contributed by atoms with Crippen molar-refractivity contribution in [2.24, 2.45) is 0 Å². The van der Waals surface area contributed by atoms with Gasteiger partial charge in [-0.1, -0.05) is 72.8 Å². The first kappa shape index (κ1) is 22.7. The van der Waals surface area contributed by atoms with E-state index in [1.165, 1.54) is 33.0 Å². The molecule has 0 bridgehead atoms. The number of hydrogen-bond donors (Lipinski definition) is 0. The number of rotatable bonds is 4. The lowest BCUT2D eigenvalue weighted by molar-refractivity contribution is 0.159. The summed E-state index contributed by atoms with van der Waals surface area (Å²) >= 11 is 0. The zero-order chi connectivity index (χ0) is 25.7. The van der Waals surface area contributed by atoms with Gasteiger partial charge in [0.05, 0.1) is 14.2 Å². The third-order valence-electron chi connectivity index (χ3n) is 8.02. The Kier molecular flexibility index (Phi) is 5.26. The highest BCUT2D eigenvalue weighted by Crippen LogP contribution is 2.51. The van der Waals surface area contributed by atoms with E-state index in [1.54, 1.807) is 14.2 Å². The van der Waals surface area contributed by atoms with Crippen LogP contribution in [-0.2, 0) is 18.4 Å². The third kappa shape index (κ3) is 3.35. The topological polar surface area (TPSA) is 27.7 Å². The summed E-state index contributed by atoms with van der Waals surface area (Å²) in [6.45, 7) is 0. The van der Waals surface area contributed by atoms with E-state index in [9.17, 15) is 0 Å². The first-order chi connectivity index (χ1) is 18.7. The fourth-order valence-electron chi connectivity index (χ4n) is 6.12. The van der Waals surface area contributed by atoms with Gasteiger partial charge in [0.15, 0.2) is 5.60 Å². The van der Waals surface area contributed by atoms with Crippen molar-refractivity contribution >= 4 is 16.8 Å². The van der Waals surface area contributed by atoms with Crippen LogP contribution in [0.25, 0.3) is 28.0 Å².